The summed E-state index contributed by atoms with van der Waals surface area (Å²) in [5.74, 6) is -0.514. The van der Waals surface area contributed by atoms with Crippen molar-refractivity contribution in [3.8, 4) is 0 Å². The van der Waals surface area contributed by atoms with Gasteiger partial charge in [0.25, 0.3) is 5.91 Å². The van der Waals surface area contributed by atoms with Crippen LogP contribution in [0.3, 0.4) is 0 Å². The Kier molecular flexibility index (Phi) is 8.43. The lowest BCUT2D eigenvalue weighted by Gasteiger charge is -2.18. The Bertz CT molecular complexity index is 1200. The molecule has 2 atom stereocenters. The number of alkyl halides is 3. The maximum atomic E-state index is 12.7. The molecule has 9 nitrogen and oxygen atoms in total. The first-order chi connectivity index (χ1) is 16.5. The number of hydrogen-bond acceptors (Lipinski definition) is 8. The maximum Gasteiger partial charge on any atom is 0.416 e. The van der Waals surface area contributed by atoms with E-state index in [-0.39, 0.29) is 26.4 Å². The molecule has 0 spiro atoms. The molecule has 3 N–H and O–H groups in total. The van der Waals surface area contributed by atoms with Crippen molar-refractivity contribution in [1.29, 1.82) is 0 Å². The minimum Gasteiger partial charge on any atom is -0.768 e. The highest BCUT2D eigenvalue weighted by Crippen LogP contribution is 2.31. The largest absolute Gasteiger partial charge is 0.768 e. The molecule has 1 fully saturated rings. The fraction of sp³-hybridized carbons (Fsp3) is 0.190. The molecule has 4 rings (SSSR count). The Morgan fingerprint density at radius 3 is 2.54 bits per heavy atom. The van der Waals surface area contributed by atoms with Crippen molar-refractivity contribution in [3.63, 3.8) is 0 Å². The second-order valence-corrected chi connectivity index (χ2v) is 8.84. The van der Waals surface area contributed by atoms with Crippen molar-refractivity contribution in [2.45, 2.75) is 23.6 Å². The fourth-order valence-corrected chi connectivity index (χ4v) is 3.78. The number of anilines is 3. The Morgan fingerprint density at radius 1 is 1.29 bits per heavy atom. The number of halogens is 3. The monoisotopic (exact) mass is 531 g/mol. The van der Waals surface area contributed by atoms with E-state index in [4.69, 9.17) is 10.5 Å². The lowest BCUT2D eigenvalue weighted by molar-refractivity contribution is -0.137. The number of nitrogens with zero attached hydrogens (tertiary/aromatic N) is 2. The average Bonchev–Trinajstić information content (AvgIpc) is 3.43. The molecule has 3 aromatic rings. The zero-order chi connectivity index (χ0) is 25.6. The first kappa shape index (κ1) is 26.1. The van der Waals surface area contributed by atoms with Gasteiger partial charge in [-0.15, -0.1) is 11.3 Å². The van der Waals surface area contributed by atoms with Gasteiger partial charge in [0.15, 0.2) is 11.2 Å². The minimum absolute atomic E-state index is 0. The maximum absolute atomic E-state index is 12.7. The molecule has 0 aliphatic carbocycles. The van der Waals surface area contributed by atoms with Crippen molar-refractivity contribution in [3.05, 3.63) is 65.7 Å². The number of aromatic nitrogens is 1. The van der Waals surface area contributed by atoms with Crippen molar-refractivity contribution in [2.24, 2.45) is 0 Å². The smallest absolute Gasteiger partial charge is 0.416 e. The first-order valence-corrected chi connectivity index (χ1v) is 11.8. The van der Waals surface area contributed by atoms with Gasteiger partial charge in [-0.3, -0.25) is 14.3 Å². The Morgan fingerprint density at radius 2 is 2.00 bits per heavy atom. The van der Waals surface area contributed by atoms with Crippen LogP contribution in [0, 0.1) is 0 Å². The van der Waals surface area contributed by atoms with Crippen LogP contribution in [0.25, 0.3) is 0 Å². The van der Waals surface area contributed by atoms with Crippen LogP contribution in [-0.4, -0.2) is 38.4 Å². The molecule has 2 aromatic carbocycles. The second kappa shape index (κ2) is 11.3. The molecule has 1 unspecified atom stereocenters. The lowest BCUT2D eigenvalue weighted by atomic mass is 10.2. The highest BCUT2D eigenvalue weighted by Gasteiger charge is 2.36. The third-order valence-electron chi connectivity index (χ3n) is 4.63. The number of nitrogens with two attached hydrogens (primary N) is 1. The number of hydrogen-bond donors (Lipinski definition) is 2. The SMILES string of the molecule is Nc1nccs1.O=C(Nc1cccc(C(F)(F)F)c1)O[C@H]1CCN(c2ccc(S(=O)[O-])cc2)C1=O.[HH].[HH]. The normalized spacial score (nSPS) is 16.3. The van der Waals surface area contributed by atoms with Crippen LogP contribution in [0.1, 0.15) is 14.8 Å². The molecule has 14 heteroatoms. The average molecular weight is 532 g/mol. The molecular weight excluding hydrogens is 509 g/mol. The van der Waals surface area contributed by atoms with Crippen LogP contribution in [0.4, 0.5) is 34.5 Å². The van der Waals surface area contributed by atoms with Gasteiger partial charge in [-0.25, -0.2) is 9.78 Å². The number of nitrogen functional groups attached to an aromatic ring is 1. The molecule has 0 saturated carbocycles. The van der Waals surface area contributed by atoms with Crippen LogP contribution in [0.5, 0.6) is 0 Å². The van der Waals surface area contributed by atoms with E-state index >= 15 is 0 Å². The Balaban J connectivity index is 0.000000753. The van der Waals surface area contributed by atoms with Gasteiger partial charge in [-0.05, 0) is 53.5 Å². The molecular formula is C21H22F3N4O5S2-. The molecule has 1 saturated heterocycles. The number of nitrogens with one attached hydrogen (secondary N) is 1. The lowest BCUT2D eigenvalue weighted by Crippen LogP contribution is -2.33. The van der Waals surface area contributed by atoms with Gasteiger partial charge in [-0.2, -0.15) is 13.2 Å². The first-order valence-electron chi connectivity index (χ1n) is 9.85. The van der Waals surface area contributed by atoms with Gasteiger partial charge < -0.3 is 19.9 Å². The van der Waals surface area contributed by atoms with Crippen LogP contribution in [0.2, 0.25) is 0 Å². The summed E-state index contributed by atoms with van der Waals surface area (Å²) >= 11 is -0.946. The van der Waals surface area contributed by atoms with E-state index < -0.39 is 40.9 Å². The van der Waals surface area contributed by atoms with E-state index in [0.29, 0.717) is 10.8 Å². The summed E-state index contributed by atoms with van der Waals surface area (Å²) in [5.41, 5.74) is 4.58. The van der Waals surface area contributed by atoms with Crippen molar-refractivity contribution < 1.29 is 39.1 Å². The number of benzene rings is 2. The summed E-state index contributed by atoms with van der Waals surface area (Å²) in [5, 5.41) is 4.65. The number of carbonyl (C=O) groups excluding carboxylic acids is 2. The van der Waals surface area contributed by atoms with E-state index in [1.165, 1.54) is 46.6 Å². The molecule has 1 aliphatic rings. The summed E-state index contributed by atoms with van der Waals surface area (Å²) < 4.78 is 65.0. The third-order valence-corrected chi connectivity index (χ3v) is 5.90. The summed E-state index contributed by atoms with van der Waals surface area (Å²) in [7, 11) is 0. The number of amides is 2. The zero-order valence-corrected chi connectivity index (χ0v) is 19.4. The van der Waals surface area contributed by atoms with Crippen molar-refractivity contribution >= 4 is 50.9 Å². The molecule has 35 heavy (non-hydrogen) atoms. The molecule has 190 valence electrons. The van der Waals surface area contributed by atoms with Gasteiger partial charge in [0.2, 0.25) is 0 Å². The van der Waals surface area contributed by atoms with E-state index in [1.807, 2.05) is 5.38 Å². The van der Waals surface area contributed by atoms with Crippen molar-refractivity contribution in [1.82, 2.24) is 4.98 Å². The van der Waals surface area contributed by atoms with Crippen LogP contribution < -0.4 is 16.0 Å². The number of rotatable bonds is 4. The molecule has 0 radical (unpaired) electrons. The van der Waals surface area contributed by atoms with Crippen LogP contribution >= 0.6 is 11.3 Å². The van der Waals surface area contributed by atoms with Crippen molar-refractivity contribution in [2.75, 3.05) is 22.5 Å². The van der Waals surface area contributed by atoms with Gasteiger partial charge in [0.05, 0.1) is 5.56 Å². The number of ether oxygens (including phenoxy) is 1. The quantitative estimate of drug-likeness (QED) is 0.472. The summed E-state index contributed by atoms with van der Waals surface area (Å²) in [6.07, 6.45) is -4.85. The number of thiazole rings is 1. The number of carbonyl (C=O) groups is 2. The van der Waals surface area contributed by atoms with Gasteiger partial charge in [0.1, 0.15) is 0 Å². The highest BCUT2D eigenvalue weighted by atomic mass is 32.2. The van der Waals surface area contributed by atoms with E-state index in [1.54, 1.807) is 6.20 Å². The molecule has 2 heterocycles. The summed E-state index contributed by atoms with van der Waals surface area (Å²) in [6, 6.07) is 9.59. The standard InChI is InChI=1S/C18H15F3N2O5S.C3H4N2S.2H2/c19-18(20,21)11-2-1-3-12(10-11)22-17(25)28-15-8-9-23(16(15)24)13-4-6-14(7-5-13)29(26)27;4-3-5-1-2-6-3;;/h1-7,10,15H,8-9H2,(H,22,25)(H,26,27);1-2H,(H2,4,5);2*1H/p-1/t15-;;;/m0.../s1. The highest BCUT2D eigenvalue weighted by molar-refractivity contribution is 7.79. The zero-order valence-electron chi connectivity index (χ0n) is 17.7. The van der Waals surface area contributed by atoms with Crippen LogP contribution in [0.15, 0.2) is 65.0 Å². The van der Waals surface area contributed by atoms with Crippen LogP contribution in [-0.2, 0) is 26.8 Å². The van der Waals surface area contributed by atoms with E-state index in [0.717, 1.165) is 18.2 Å². The molecule has 1 aliphatic heterocycles. The topological polar surface area (TPSA) is 138 Å². The Labute approximate surface area is 207 Å². The fourth-order valence-electron chi connectivity index (χ4n) is 3.04. The van der Waals surface area contributed by atoms with E-state index in [9.17, 15) is 31.5 Å². The van der Waals surface area contributed by atoms with Gasteiger partial charge in [-0.1, -0.05) is 6.07 Å². The molecule has 1 aromatic heterocycles. The minimum atomic E-state index is -4.56. The Hall–Kier alpha value is -3.49. The predicted molar refractivity (Wildman–Crippen MR) is 127 cm³/mol. The van der Waals surface area contributed by atoms with E-state index in [2.05, 4.69) is 10.3 Å². The molecule has 0 bridgehead atoms. The molecule has 2 amide bonds. The predicted octanol–water partition coefficient (Wildman–Crippen LogP) is 4.51. The van der Waals surface area contributed by atoms with Gasteiger partial charge in [0, 0.05) is 43.7 Å². The summed E-state index contributed by atoms with van der Waals surface area (Å²) in [4.78, 5) is 29.5. The second-order valence-electron chi connectivity index (χ2n) is 6.98. The third kappa shape index (κ3) is 7.24. The van der Waals surface area contributed by atoms with Gasteiger partial charge >= 0.3 is 12.3 Å². The summed E-state index contributed by atoms with van der Waals surface area (Å²) in [6.45, 7) is 0.236.